The van der Waals surface area contributed by atoms with Gasteiger partial charge >= 0.3 is 0 Å². The highest BCUT2D eigenvalue weighted by molar-refractivity contribution is 6.33. The molecule has 0 aliphatic carbocycles. The van der Waals surface area contributed by atoms with Crippen LogP contribution in [0.4, 0.5) is 5.69 Å². The van der Waals surface area contributed by atoms with Gasteiger partial charge in [-0.1, -0.05) is 41.0 Å². The predicted molar refractivity (Wildman–Crippen MR) is 108 cm³/mol. The number of ether oxygens (including phenoxy) is 1. The van der Waals surface area contributed by atoms with Crippen LogP contribution in [0.5, 0.6) is 0 Å². The molecule has 0 radical (unpaired) electrons. The molecule has 0 atom stereocenters. The zero-order valence-electron chi connectivity index (χ0n) is 15.2. The van der Waals surface area contributed by atoms with E-state index in [0.717, 1.165) is 24.3 Å². The lowest BCUT2D eigenvalue weighted by atomic mass is 10.1. The molecule has 2 heterocycles. The van der Waals surface area contributed by atoms with Gasteiger partial charge in [0.2, 0.25) is 0 Å². The van der Waals surface area contributed by atoms with E-state index in [1.807, 2.05) is 42.5 Å². The fraction of sp³-hybridized carbons (Fsp3) is 0.238. The fourth-order valence-corrected chi connectivity index (χ4v) is 3.42. The average molecular weight is 398 g/mol. The predicted octanol–water partition coefficient (Wildman–Crippen LogP) is 3.76. The number of hydrogen-bond acceptors (Lipinski definition) is 5. The lowest BCUT2D eigenvalue weighted by molar-refractivity contribution is 0.0948. The van der Waals surface area contributed by atoms with E-state index in [1.54, 1.807) is 12.1 Å². The summed E-state index contributed by atoms with van der Waals surface area (Å²) in [6, 6.07) is 16.8. The zero-order chi connectivity index (χ0) is 19.3. The van der Waals surface area contributed by atoms with Crippen LogP contribution in [0.15, 0.2) is 59.1 Å². The van der Waals surface area contributed by atoms with E-state index in [4.69, 9.17) is 20.9 Å². The third-order valence-electron chi connectivity index (χ3n) is 4.63. The molecule has 1 aromatic heterocycles. The van der Waals surface area contributed by atoms with Crippen molar-refractivity contribution in [1.82, 2.24) is 10.5 Å². The molecule has 2 aromatic carbocycles. The number of carbonyl (C=O) groups is 1. The molecule has 4 rings (SSSR count). The monoisotopic (exact) mass is 397 g/mol. The van der Waals surface area contributed by atoms with Gasteiger partial charge in [0.05, 0.1) is 30.3 Å². The molecule has 6 nitrogen and oxygen atoms in total. The van der Waals surface area contributed by atoms with E-state index in [-0.39, 0.29) is 12.5 Å². The summed E-state index contributed by atoms with van der Waals surface area (Å²) >= 11 is 6.20. The maximum absolute atomic E-state index is 12.8. The number of rotatable bonds is 5. The maximum atomic E-state index is 12.8. The Labute approximate surface area is 168 Å². The Morgan fingerprint density at radius 2 is 1.86 bits per heavy atom. The van der Waals surface area contributed by atoms with Gasteiger partial charge in [0.25, 0.3) is 5.91 Å². The van der Waals surface area contributed by atoms with Crippen molar-refractivity contribution in [3.8, 4) is 11.3 Å². The number of morpholine rings is 1. The van der Waals surface area contributed by atoms with E-state index in [9.17, 15) is 4.79 Å². The van der Waals surface area contributed by atoms with Gasteiger partial charge in [-0.15, -0.1) is 0 Å². The van der Waals surface area contributed by atoms with Gasteiger partial charge in [0.15, 0.2) is 5.76 Å². The summed E-state index contributed by atoms with van der Waals surface area (Å²) in [5.41, 5.74) is 2.96. The molecule has 3 aromatic rings. The highest BCUT2D eigenvalue weighted by Gasteiger charge is 2.18. The molecule has 1 saturated heterocycles. The van der Waals surface area contributed by atoms with Crippen LogP contribution >= 0.6 is 11.6 Å². The minimum atomic E-state index is -0.149. The Balaban J connectivity index is 1.45. The van der Waals surface area contributed by atoms with Crippen molar-refractivity contribution in [2.75, 3.05) is 31.2 Å². The largest absolute Gasteiger partial charge is 0.378 e. The van der Waals surface area contributed by atoms with Gasteiger partial charge in [-0.2, -0.15) is 0 Å². The minimum Gasteiger partial charge on any atom is -0.378 e. The SMILES string of the molecule is O=C(NCc1cc(-c2ccccc2Cl)on1)c1ccccc1N1CCOCC1. The van der Waals surface area contributed by atoms with Crippen LogP contribution in [-0.4, -0.2) is 37.4 Å². The third-order valence-corrected chi connectivity index (χ3v) is 4.96. The summed E-state index contributed by atoms with van der Waals surface area (Å²) in [6.07, 6.45) is 0. The van der Waals surface area contributed by atoms with Crippen LogP contribution in [0.25, 0.3) is 11.3 Å². The number of para-hydroxylation sites is 1. The van der Waals surface area contributed by atoms with E-state index in [1.165, 1.54) is 0 Å². The first-order valence-corrected chi connectivity index (χ1v) is 9.50. The lowest BCUT2D eigenvalue weighted by Gasteiger charge is -2.30. The van der Waals surface area contributed by atoms with Crippen molar-refractivity contribution >= 4 is 23.2 Å². The Hall–Kier alpha value is -2.83. The average Bonchev–Trinajstić information content (AvgIpc) is 3.22. The van der Waals surface area contributed by atoms with Gasteiger partial charge in [-0.05, 0) is 24.3 Å². The van der Waals surface area contributed by atoms with Crippen molar-refractivity contribution in [3.63, 3.8) is 0 Å². The molecule has 1 N–H and O–H groups in total. The molecule has 0 unspecified atom stereocenters. The standard InChI is InChI=1S/C21H20ClN3O3/c22-18-7-3-1-5-16(18)20-13-15(24-28-20)14-23-21(26)17-6-2-4-8-19(17)25-9-11-27-12-10-25/h1-8,13H,9-12,14H2,(H,23,26). The lowest BCUT2D eigenvalue weighted by Crippen LogP contribution is -2.37. The second-order valence-corrected chi connectivity index (χ2v) is 6.87. The van der Waals surface area contributed by atoms with Crippen molar-refractivity contribution in [2.45, 2.75) is 6.54 Å². The summed E-state index contributed by atoms with van der Waals surface area (Å²) in [4.78, 5) is 14.9. The smallest absolute Gasteiger partial charge is 0.253 e. The summed E-state index contributed by atoms with van der Waals surface area (Å²) < 4.78 is 10.8. The van der Waals surface area contributed by atoms with Gasteiger partial charge in [-0.25, -0.2) is 0 Å². The minimum absolute atomic E-state index is 0.149. The van der Waals surface area contributed by atoms with Crippen LogP contribution in [0.1, 0.15) is 16.1 Å². The normalized spacial score (nSPS) is 14.1. The van der Waals surface area contributed by atoms with Crippen molar-refractivity contribution in [3.05, 3.63) is 70.9 Å². The highest BCUT2D eigenvalue weighted by atomic mass is 35.5. The van der Waals surface area contributed by atoms with Crippen LogP contribution in [-0.2, 0) is 11.3 Å². The number of benzene rings is 2. The Morgan fingerprint density at radius 1 is 1.11 bits per heavy atom. The van der Waals surface area contributed by atoms with E-state index in [0.29, 0.717) is 35.3 Å². The van der Waals surface area contributed by atoms with Gasteiger partial charge < -0.3 is 19.5 Å². The molecular weight excluding hydrogens is 378 g/mol. The van der Waals surface area contributed by atoms with E-state index >= 15 is 0 Å². The van der Waals surface area contributed by atoms with E-state index < -0.39 is 0 Å². The summed E-state index contributed by atoms with van der Waals surface area (Å²) in [6.45, 7) is 3.15. The van der Waals surface area contributed by atoms with Crippen molar-refractivity contribution < 1.29 is 14.1 Å². The Morgan fingerprint density at radius 3 is 2.68 bits per heavy atom. The number of hydrogen-bond donors (Lipinski definition) is 1. The third kappa shape index (κ3) is 4.03. The molecule has 0 spiro atoms. The number of halogens is 1. The van der Waals surface area contributed by atoms with Gasteiger partial charge in [0.1, 0.15) is 5.69 Å². The number of amides is 1. The number of anilines is 1. The van der Waals surface area contributed by atoms with Crippen LogP contribution in [0, 0.1) is 0 Å². The molecule has 1 aliphatic rings. The molecule has 7 heteroatoms. The Bertz CT molecular complexity index is 967. The van der Waals surface area contributed by atoms with Gasteiger partial charge in [0, 0.05) is 30.4 Å². The van der Waals surface area contributed by atoms with Gasteiger partial charge in [-0.3, -0.25) is 4.79 Å². The molecule has 144 valence electrons. The molecule has 1 amide bonds. The number of aromatic nitrogens is 1. The molecule has 1 fully saturated rings. The van der Waals surface area contributed by atoms with Crippen molar-refractivity contribution in [1.29, 1.82) is 0 Å². The van der Waals surface area contributed by atoms with Crippen LogP contribution < -0.4 is 10.2 Å². The maximum Gasteiger partial charge on any atom is 0.253 e. The van der Waals surface area contributed by atoms with Crippen LogP contribution in [0.3, 0.4) is 0 Å². The molecule has 0 bridgehead atoms. The molecule has 1 aliphatic heterocycles. The molecular formula is C21H20ClN3O3. The van der Waals surface area contributed by atoms with Crippen molar-refractivity contribution in [2.24, 2.45) is 0 Å². The molecule has 28 heavy (non-hydrogen) atoms. The second kappa shape index (κ2) is 8.46. The first-order valence-electron chi connectivity index (χ1n) is 9.13. The topological polar surface area (TPSA) is 67.6 Å². The fourth-order valence-electron chi connectivity index (χ4n) is 3.19. The summed E-state index contributed by atoms with van der Waals surface area (Å²) in [7, 11) is 0. The Kier molecular flexibility index (Phi) is 5.60. The van der Waals surface area contributed by atoms with Crippen LogP contribution in [0.2, 0.25) is 5.02 Å². The highest BCUT2D eigenvalue weighted by Crippen LogP contribution is 2.28. The quantitative estimate of drug-likeness (QED) is 0.710. The molecule has 0 saturated carbocycles. The zero-order valence-corrected chi connectivity index (χ0v) is 16.0. The number of nitrogens with zero attached hydrogens (tertiary/aromatic N) is 2. The number of nitrogens with one attached hydrogen (secondary N) is 1. The number of carbonyl (C=O) groups excluding carboxylic acids is 1. The first kappa shape index (κ1) is 18.5. The summed E-state index contributed by atoms with van der Waals surface area (Å²) in [5, 5.41) is 7.55. The first-order chi connectivity index (χ1) is 13.7. The summed E-state index contributed by atoms with van der Waals surface area (Å²) in [5.74, 6) is 0.424. The second-order valence-electron chi connectivity index (χ2n) is 6.46. The van der Waals surface area contributed by atoms with E-state index in [2.05, 4.69) is 15.4 Å².